The van der Waals surface area contributed by atoms with E-state index in [0.29, 0.717) is 5.56 Å². The first-order valence-electron chi connectivity index (χ1n) is 4.63. The molecule has 0 saturated carbocycles. The van der Waals surface area contributed by atoms with Crippen LogP contribution in [0.3, 0.4) is 0 Å². The summed E-state index contributed by atoms with van der Waals surface area (Å²) >= 11 is 5.40. The number of methoxy groups -OCH3 is 1. The van der Waals surface area contributed by atoms with Crippen molar-refractivity contribution in [2.24, 2.45) is 0 Å². The second kappa shape index (κ2) is 5.51. The lowest BCUT2D eigenvalue weighted by Gasteiger charge is -2.08. The van der Waals surface area contributed by atoms with Crippen LogP contribution in [0.25, 0.3) is 0 Å². The Morgan fingerprint density at radius 3 is 2.69 bits per heavy atom. The number of para-hydroxylation sites is 1. The number of Topliss-reactive ketones (excluding diaryl/α,β-unsaturated/α-hetero) is 1. The number of hydrogen-bond acceptors (Lipinski definition) is 4. The number of nitrogens with two attached hydrogens (primary N) is 1. The van der Waals surface area contributed by atoms with Crippen LogP contribution in [0.2, 0.25) is 0 Å². The molecule has 0 heterocycles. The van der Waals surface area contributed by atoms with Crippen molar-refractivity contribution in [1.29, 1.82) is 0 Å². The summed E-state index contributed by atoms with van der Waals surface area (Å²) in [6.07, 6.45) is 0.125. The molecule has 0 atom stereocenters. The second-order valence-corrected chi connectivity index (χ2v) is 3.49. The maximum absolute atomic E-state index is 11.3. The number of nitrogen functional groups attached to an aromatic ring is 1. The molecule has 1 aromatic carbocycles. The number of carbonyl (C=O) groups excluding carboxylic acids is 2. The number of rotatable bonds is 4. The van der Waals surface area contributed by atoms with E-state index in [1.54, 1.807) is 18.2 Å². The maximum atomic E-state index is 11.3. The Bertz CT molecular complexity index is 418. The largest absolute Gasteiger partial charge is 0.465 e. The van der Waals surface area contributed by atoms with Crippen LogP contribution >= 0.6 is 11.6 Å². The van der Waals surface area contributed by atoms with E-state index in [0.717, 1.165) is 0 Å². The Morgan fingerprint density at radius 1 is 1.44 bits per heavy atom. The zero-order valence-electron chi connectivity index (χ0n) is 8.83. The molecule has 16 heavy (non-hydrogen) atoms. The van der Waals surface area contributed by atoms with Crippen molar-refractivity contribution in [2.75, 3.05) is 18.7 Å². The highest BCUT2D eigenvalue weighted by molar-refractivity contribution is 6.27. The zero-order valence-corrected chi connectivity index (χ0v) is 9.58. The molecular weight excluding hydrogens is 230 g/mol. The third kappa shape index (κ3) is 2.73. The lowest BCUT2D eigenvalue weighted by molar-refractivity contribution is -0.116. The van der Waals surface area contributed by atoms with Crippen LogP contribution < -0.4 is 5.73 Å². The number of ketones is 1. The van der Waals surface area contributed by atoms with Gasteiger partial charge in [-0.3, -0.25) is 4.79 Å². The first-order chi connectivity index (χ1) is 7.60. The van der Waals surface area contributed by atoms with Gasteiger partial charge in [0.1, 0.15) is 0 Å². The molecule has 0 amide bonds. The minimum absolute atomic E-state index is 0.0676. The Labute approximate surface area is 98.3 Å². The van der Waals surface area contributed by atoms with Crippen molar-refractivity contribution in [3.63, 3.8) is 0 Å². The molecule has 1 aromatic rings. The summed E-state index contributed by atoms with van der Waals surface area (Å²) in [5.41, 5.74) is 6.90. The molecule has 0 aliphatic rings. The topological polar surface area (TPSA) is 69.4 Å². The monoisotopic (exact) mass is 241 g/mol. The molecule has 5 heteroatoms. The van der Waals surface area contributed by atoms with E-state index < -0.39 is 5.97 Å². The molecule has 0 radical (unpaired) electrons. The highest BCUT2D eigenvalue weighted by atomic mass is 35.5. The Hall–Kier alpha value is -1.55. The minimum Gasteiger partial charge on any atom is -0.465 e. The van der Waals surface area contributed by atoms with Gasteiger partial charge in [0.15, 0.2) is 5.78 Å². The fraction of sp³-hybridized carbons (Fsp3) is 0.273. The molecule has 0 spiro atoms. The van der Waals surface area contributed by atoms with Crippen LogP contribution in [0.5, 0.6) is 0 Å². The molecule has 0 aliphatic carbocycles. The van der Waals surface area contributed by atoms with Crippen LogP contribution in [0.15, 0.2) is 18.2 Å². The van der Waals surface area contributed by atoms with Crippen molar-refractivity contribution < 1.29 is 14.3 Å². The summed E-state index contributed by atoms with van der Waals surface area (Å²) in [4.78, 5) is 22.5. The van der Waals surface area contributed by atoms with Gasteiger partial charge in [0, 0.05) is 12.1 Å². The van der Waals surface area contributed by atoms with Crippen LogP contribution in [-0.2, 0) is 16.0 Å². The van der Waals surface area contributed by atoms with Gasteiger partial charge in [0.25, 0.3) is 0 Å². The standard InChI is InChI=1S/C11H12ClNO3/c1-16-11(15)9-4-2-3-7(10(9)13)5-8(14)6-12/h2-4H,5-6,13H2,1H3. The van der Waals surface area contributed by atoms with Crippen molar-refractivity contribution in [3.05, 3.63) is 29.3 Å². The number of ether oxygens (including phenoxy) is 1. The molecule has 0 aliphatic heterocycles. The van der Waals surface area contributed by atoms with E-state index in [2.05, 4.69) is 4.74 Å². The molecule has 0 unspecified atom stereocenters. The summed E-state index contributed by atoms with van der Waals surface area (Å²) in [6.45, 7) is 0. The zero-order chi connectivity index (χ0) is 12.1. The number of hydrogen-bond donors (Lipinski definition) is 1. The Morgan fingerprint density at radius 2 is 2.12 bits per heavy atom. The summed E-state index contributed by atoms with van der Waals surface area (Å²) in [6, 6.07) is 4.89. The van der Waals surface area contributed by atoms with Crippen LogP contribution in [0.4, 0.5) is 5.69 Å². The first kappa shape index (κ1) is 12.5. The van der Waals surface area contributed by atoms with Crippen LogP contribution in [0, 0.1) is 0 Å². The molecule has 0 aromatic heterocycles. The number of benzene rings is 1. The van der Waals surface area contributed by atoms with E-state index in [-0.39, 0.29) is 29.3 Å². The van der Waals surface area contributed by atoms with Crippen LogP contribution in [-0.4, -0.2) is 24.7 Å². The predicted molar refractivity (Wildman–Crippen MR) is 61.6 cm³/mol. The molecule has 0 bridgehead atoms. The van der Waals surface area contributed by atoms with Gasteiger partial charge in [-0.25, -0.2) is 4.79 Å². The van der Waals surface area contributed by atoms with E-state index in [1.807, 2.05) is 0 Å². The van der Waals surface area contributed by atoms with Gasteiger partial charge >= 0.3 is 5.97 Å². The average molecular weight is 242 g/mol. The van der Waals surface area contributed by atoms with Crippen molar-refractivity contribution in [2.45, 2.75) is 6.42 Å². The van der Waals surface area contributed by atoms with Gasteiger partial charge in [-0.05, 0) is 11.6 Å². The molecule has 1 rings (SSSR count). The van der Waals surface area contributed by atoms with Crippen molar-refractivity contribution in [1.82, 2.24) is 0 Å². The first-order valence-corrected chi connectivity index (χ1v) is 5.17. The van der Waals surface area contributed by atoms with Crippen molar-refractivity contribution in [3.8, 4) is 0 Å². The molecule has 0 saturated heterocycles. The Balaban J connectivity index is 3.04. The second-order valence-electron chi connectivity index (χ2n) is 3.22. The quantitative estimate of drug-likeness (QED) is 0.492. The van der Waals surface area contributed by atoms with E-state index in [9.17, 15) is 9.59 Å². The van der Waals surface area contributed by atoms with Gasteiger partial charge in [0.05, 0.1) is 18.6 Å². The summed E-state index contributed by atoms with van der Waals surface area (Å²) in [5.74, 6) is -0.727. The van der Waals surface area contributed by atoms with E-state index in [1.165, 1.54) is 7.11 Å². The number of alkyl halides is 1. The number of halogens is 1. The predicted octanol–water partition coefficient (Wildman–Crippen LogP) is 1.41. The van der Waals surface area contributed by atoms with Gasteiger partial charge in [-0.2, -0.15) is 0 Å². The molecule has 0 fully saturated rings. The summed E-state index contributed by atoms with van der Waals surface area (Å²) in [5, 5.41) is 0. The van der Waals surface area contributed by atoms with Gasteiger partial charge < -0.3 is 10.5 Å². The fourth-order valence-corrected chi connectivity index (χ4v) is 1.41. The van der Waals surface area contributed by atoms with E-state index >= 15 is 0 Å². The lowest BCUT2D eigenvalue weighted by Crippen LogP contribution is -2.11. The molecular formula is C11H12ClNO3. The lowest BCUT2D eigenvalue weighted by atomic mass is 10.0. The van der Waals surface area contributed by atoms with Gasteiger partial charge in [0.2, 0.25) is 0 Å². The highest BCUT2D eigenvalue weighted by Crippen LogP contribution is 2.19. The van der Waals surface area contributed by atoms with E-state index in [4.69, 9.17) is 17.3 Å². The van der Waals surface area contributed by atoms with Crippen molar-refractivity contribution >= 4 is 29.0 Å². The normalized spacial score (nSPS) is 9.88. The van der Waals surface area contributed by atoms with Gasteiger partial charge in [-0.15, -0.1) is 11.6 Å². The third-order valence-corrected chi connectivity index (χ3v) is 2.44. The number of anilines is 1. The Kier molecular flexibility index (Phi) is 4.31. The van der Waals surface area contributed by atoms with Gasteiger partial charge in [-0.1, -0.05) is 12.1 Å². The molecule has 86 valence electrons. The molecule has 2 N–H and O–H groups in total. The van der Waals surface area contributed by atoms with Crippen LogP contribution in [0.1, 0.15) is 15.9 Å². The SMILES string of the molecule is COC(=O)c1cccc(CC(=O)CCl)c1N. The highest BCUT2D eigenvalue weighted by Gasteiger charge is 2.14. The molecule has 4 nitrogen and oxygen atoms in total. The maximum Gasteiger partial charge on any atom is 0.339 e. The minimum atomic E-state index is -0.516. The summed E-state index contributed by atoms with van der Waals surface area (Å²) in [7, 11) is 1.28. The fourth-order valence-electron chi connectivity index (χ4n) is 1.31. The number of carbonyl (C=O) groups is 2. The third-order valence-electron chi connectivity index (χ3n) is 2.14. The smallest absolute Gasteiger partial charge is 0.339 e. The average Bonchev–Trinajstić information content (AvgIpc) is 2.30. The number of esters is 1. The summed E-state index contributed by atoms with van der Waals surface area (Å²) < 4.78 is 4.57.